The Morgan fingerprint density at radius 2 is 2.12 bits per heavy atom. The summed E-state index contributed by atoms with van der Waals surface area (Å²) in [5.74, 6) is 2.14. The fraction of sp³-hybridized carbons (Fsp3) is 1.00. The Morgan fingerprint density at radius 3 is 2.75 bits per heavy atom. The minimum absolute atomic E-state index is 0.772. The standard InChI is InChI=1S/C7H12S/c8-7-3-1-2-5-4-6(5)7/h5-8H,1-4H2/t5?,6-,7?/m0/s1. The van der Waals surface area contributed by atoms with Gasteiger partial charge < -0.3 is 0 Å². The van der Waals surface area contributed by atoms with Crippen molar-refractivity contribution in [2.24, 2.45) is 11.8 Å². The van der Waals surface area contributed by atoms with Gasteiger partial charge in [0.25, 0.3) is 0 Å². The lowest BCUT2D eigenvalue weighted by molar-refractivity contribution is 0.493. The fourth-order valence-corrected chi connectivity index (χ4v) is 2.43. The second kappa shape index (κ2) is 1.66. The zero-order chi connectivity index (χ0) is 5.56. The summed E-state index contributed by atoms with van der Waals surface area (Å²) in [6.45, 7) is 0. The van der Waals surface area contributed by atoms with Gasteiger partial charge in [-0.15, -0.1) is 0 Å². The number of rotatable bonds is 0. The second-order valence-electron chi connectivity index (χ2n) is 3.16. The predicted molar refractivity (Wildman–Crippen MR) is 38.2 cm³/mol. The average molecular weight is 128 g/mol. The first-order chi connectivity index (χ1) is 3.88. The summed E-state index contributed by atoms with van der Waals surface area (Å²) in [7, 11) is 0. The Hall–Kier alpha value is 0.350. The summed E-state index contributed by atoms with van der Waals surface area (Å²) < 4.78 is 0. The molecule has 0 aromatic heterocycles. The van der Waals surface area contributed by atoms with Crippen molar-refractivity contribution in [2.75, 3.05) is 0 Å². The van der Waals surface area contributed by atoms with Crippen molar-refractivity contribution < 1.29 is 0 Å². The Morgan fingerprint density at radius 1 is 1.25 bits per heavy atom. The second-order valence-corrected chi connectivity index (χ2v) is 3.82. The van der Waals surface area contributed by atoms with Crippen LogP contribution < -0.4 is 0 Å². The van der Waals surface area contributed by atoms with E-state index in [0.29, 0.717) is 0 Å². The van der Waals surface area contributed by atoms with Crippen molar-refractivity contribution in [3.63, 3.8) is 0 Å². The van der Waals surface area contributed by atoms with Crippen molar-refractivity contribution in [1.82, 2.24) is 0 Å². The zero-order valence-electron chi connectivity index (χ0n) is 5.01. The van der Waals surface area contributed by atoms with Crippen LogP contribution in [0.15, 0.2) is 0 Å². The molecule has 2 aliphatic rings. The summed E-state index contributed by atoms with van der Waals surface area (Å²) in [6.07, 6.45) is 5.81. The highest BCUT2D eigenvalue weighted by Crippen LogP contribution is 2.51. The molecule has 0 bridgehead atoms. The molecule has 0 spiro atoms. The smallest absolute Gasteiger partial charge is 0.00478 e. The van der Waals surface area contributed by atoms with E-state index < -0.39 is 0 Å². The molecular formula is C7H12S. The highest BCUT2D eigenvalue weighted by atomic mass is 32.1. The topological polar surface area (TPSA) is 0 Å². The molecule has 8 heavy (non-hydrogen) atoms. The Kier molecular flexibility index (Phi) is 1.07. The SMILES string of the molecule is SC1CCCC2C[C@H]12. The molecule has 2 rings (SSSR count). The van der Waals surface area contributed by atoms with Crippen LogP contribution in [-0.4, -0.2) is 5.25 Å². The maximum absolute atomic E-state index is 4.50. The van der Waals surface area contributed by atoms with Gasteiger partial charge in [-0.3, -0.25) is 0 Å². The number of hydrogen-bond acceptors (Lipinski definition) is 1. The number of fused-ring (bicyclic) bond motifs is 1. The van der Waals surface area contributed by atoms with Crippen LogP contribution in [0.3, 0.4) is 0 Å². The van der Waals surface area contributed by atoms with E-state index >= 15 is 0 Å². The Bertz CT molecular complexity index is 101. The lowest BCUT2D eigenvalue weighted by Crippen LogP contribution is -2.08. The van der Waals surface area contributed by atoms with Gasteiger partial charge in [-0.05, 0) is 24.7 Å². The van der Waals surface area contributed by atoms with E-state index in [1.54, 1.807) is 0 Å². The van der Waals surface area contributed by atoms with Crippen LogP contribution in [0.25, 0.3) is 0 Å². The van der Waals surface area contributed by atoms with Crippen LogP contribution in [0.4, 0.5) is 0 Å². The third-order valence-corrected chi connectivity index (χ3v) is 3.19. The van der Waals surface area contributed by atoms with Gasteiger partial charge >= 0.3 is 0 Å². The van der Waals surface area contributed by atoms with Crippen molar-refractivity contribution in [1.29, 1.82) is 0 Å². The van der Waals surface area contributed by atoms with Crippen LogP contribution in [0, 0.1) is 11.8 Å². The molecule has 3 atom stereocenters. The van der Waals surface area contributed by atoms with Gasteiger partial charge in [0.05, 0.1) is 0 Å². The van der Waals surface area contributed by atoms with Crippen molar-refractivity contribution >= 4 is 12.6 Å². The molecule has 2 unspecified atom stereocenters. The molecule has 0 nitrogen and oxygen atoms in total. The first kappa shape index (κ1) is 5.16. The van der Waals surface area contributed by atoms with Gasteiger partial charge in [0.1, 0.15) is 0 Å². The molecule has 2 saturated carbocycles. The van der Waals surface area contributed by atoms with E-state index in [2.05, 4.69) is 12.6 Å². The van der Waals surface area contributed by atoms with E-state index in [0.717, 1.165) is 17.1 Å². The molecule has 0 radical (unpaired) electrons. The highest BCUT2D eigenvalue weighted by Gasteiger charge is 2.43. The van der Waals surface area contributed by atoms with E-state index in [9.17, 15) is 0 Å². The van der Waals surface area contributed by atoms with Gasteiger partial charge in [0, 0.05) is 5.25 Å². The summed E-state index contributed by atoms with van der Waals surface area (Å²) >= 11 is 4.50. The van der Waals surface area contributed by atoms with Crippen molar-refractivity contribution in [3.8, 4) is 0 Å². The Labute approximate surface area is 56.1 Å². The molecule has 0 N–H and O–H groups in total. The van der Waals surface area contributed by atoms with Gasteiger partial charge in [0.15, 0.2) is 0 Å². The fourth-order valence-electron chi connectivity index (χ4n) is 1.88. The minimum atomic E-state index is 0.772. The molecule has 0 amide bonds. The summed E-state index contributed by atoms with van der Waals surface area (Å²) in [6, 6.07) is 0. The molecule has 0 aromatic carbocycles. The van der Waals surface area contributed by atoms with Gasteiger partial charge in [-0.1, -0.05) is 12.8 Å². The largest absolute Gasteiger partial charge is 0.176 e. The molecule has 46 valence electrons. The molecule has 2 aliphatic carbocycles. The van der Waals surface area contributed by atoms with Gasteiger partial charge in [-0.2, -0.15) is 12.6 Å². The molecule has 2 fully saturated rings. The third kappa shape index (κ3) is 0.680. The first-order valence-electron chi connectivity index (χ1n) is 3.56. The van der Waals surface area contributed by atoms with Gasteiger partial charge in [0.2, 0.25) is 0 Å². The lowest BCUT2D eigenvalue weighted by Gasteiger charge is -2.14. The van der Waals surface area contributed by atoms with Crippen LogP contribution in [0.2, 0.25) is 0 Å². The van der Waals surface area contributed by atoms with E-state index in [-0.39, 0.29) is 0 Å². The normalized spacial score (nSPS) is 52.9. The van der Waals surface area contributed by atoms with Crippen LogP contribution in [0.5, 0.6) is 0 Å². The molecule has 0 saturated heterocycles. The number of hydrogen-bond donors (Lipinski definition) is 1. The maximum Gasteiger partial charge on any atom is 0.00478 e. The Balaban J connectivity index is 1.99. The molecule has 0 heterocycles. The summed E-state index contributed by atoms with van der Waals surface area (Å²) in [5, 5.41) is 0.772. The molecule has 1 heteroatoms. The minimum Gasteiger partial charge on any atom is -0.176 e. The van der Waals surface area contributed by atoms with Crippen molar-refractivity contribution in [3.05, 3.63) is 0 Å². The van der Waals surface area contributed by atoms with E-state index in [1.807, 2.05) is 0 Å². The quantitative estimate of drug-likeness (QED) is 0.475. The predicted octanol–water partition coefficient (Wildman–Crippen LogP) is 2.10. The monoisotopic (exact) mass is 128 g/mol. The highest BCUT2D eigenvalue weighted by molar-refractivity contribution is 7.81. The first-order valence-corrected chi connectivity index (χ1v) is 4.07. The molecule has 0 aliphatic heterocycles. The van der Waals surface area contributed by atoms with E-state index in [4.69, 9.17) is 0 Å². The molecular weight excluding hydrogens is 116 g/mol. The summed E-state index contributed by atoms with van der Waals surface area (Å²) in [4.78, 5) is 0. The van der Waals surface area contributed by atoms with E-state index in [1.165, 1.54) is 25.7 Å². The lowest BCUT2D eigenvalue weighted by atomic mass is 10.0. The number of thiol groups is 1. The zero-order valence-corrected chi connectivity index (χ0v) is 5.90. The molecule has 0 aromatic rings. The summed E-state index contributed by atoms with van der Waals surface area (Å²) in [5.41, 5.74) is 0. The van der Waals surface area contributed by atoms with Crippen LogP contribution in [0.1, 0.15) is 25.7 Å². The average Bonchev–Trinajstić information content (AvgIpc) is 2.45. The van der Waals surface area contributed by atoms with Crippen LogP contribution >= 0.6 is 12.6 Å². The van der Waals surface area contributed by atoms with Crippen molar-refractivity contribution in [2.45, 2.75) is 30.9 Å². The third-order valence-electron chi connectivity index (χ3n) is 2.55. The van der Waals surface area contributed by atoms with Gasteiger partial charge in [-0.25, -0.2) is 0 Å². The van der Waals surface area contributed by atoms with Crippen LogP contribution in [-0.2, 0) is 0 Å². The maximum atomic E-state index is 4.50.